The number of benzene rings is 2. The lowest BCUT2D eigenvalue weighted by molar-refractivity contribution is -0.274. The fraction of sp³-hybridized carbons (Fsp3) is 0.391. The van der Waals surface area contributed by atoms with E-state index in [2.05, 4.69) is 15.2 Å². The van der Waals surface area contributed by atoms with Gasteiger partial charge in [0.1, 0.15) is 11.6 Å². The Balaban J connectivity index is 1.77. The topological polar surface area (TPSA) is 91.3 Å². The van der Waals surface area contributed by atoms with Gasteiger partial charge in [0, 0.05) is 30.4 Å². The van der Waals surface area contributed by atoms with Crippen LogP contribution in [0.4, 0.5) is 23.7 Å². The number of anilines is 1. The molecule has 2 aliphatic heterocycles. The third-order valence-corrected chi connectivity index (χ3v) is 7.49. The summed E-state index contributed by atoms with van der Waals surface area (Å²) in [5, 5.41) is 8.34. The van der Waals surface area contributed by atoms with E-state index in [9.17, 15) is 26.4 Å². The largest absolute Gasteiger partial charge is 0.573 e. The van der Waals surface area contributed by atoms with Crippen LogP contribution in [-0.2, 0) is 16.3 Å². The first-order chi connectivity index (χ1) is 16.5. The number of sulfone groups is 1. The molecule has 1 fully saturated rings. The third kappa shape index (κ3) is 5.69. The van der Waals surface area contributed by atoms with Gasteiger partial charge in [0.25, 0.3) is 0 Å². The van der Waals surface area contributed by atoms with E-state index < -0.39 is 22.2 Å². The van der Waals surface area contributed by atoms with Crippen molar-refractivity contribution in [2.45, 2.75) is 32.2 Å². The highest BCUT2D eigenvalue weighted by Gasteiger charge is 2.33. The predicted molar refractivity (Wildman–Crippen MR) is 125 cm³/mol. The highest BCUT2D eigenvalue weighted by Crippen LogP contribution is 2.31. The molecule has 2 aromatic carbocycles. The Labute approximate surface area is 201 Å². The third-order valence-electron chi connectivity index (χ3n) is 5.87. The van der Waals surface area contributed by atoms with Gasteiger partial charge in [-0.1, -0.05) is 18.2 Å². The quantitative estimate of drug-likeness (QED) is 0.683. The molecule has 2 aliphatic rings. The lowest BCUT2D eigenvalue weighted by Crippen LogP contribution is -2.41. The second-order valence-corrected chi connectivity index (χ2v) is 10.7. The molecule has 0 aromatic heterocycles. The number of nitrogens with one attached hydrogen (secondary N) is 1. The van der Waals surface area contributed by atoms with E-state index >= 15 is 0 Å². The SMILES string of the molecule is CNC(=O)N1N=C(c2ccc(N3CCCS(=O)(=O)C3)cc2)c2cc(OC(F)(F)F)ccc2C[C@H]1C. The van der Waals surface area contributed by atoms with Crippen LogP contribution in [0.25, 0.3) is 0 Å². The van der Waals surface area contributed by atoms with Crippen molar-refractivity contribution < 1.29 is 31.1 Å². The van der Waals surface area contributed by atoms with Crippen LogP contribution in [0.5, 0.6) is 5.75 Å². The van der Waals surface area contributed by atoms with Crippen LogP contribution >= 0.6 is 0 Å². The normalized spacial score (nSPS) is 19.9. The summed E-state index contributed by atoms with van der Waals surface area (Å²) in [5.41, 5.74) is 2.69. The average Bonchev–Trinajstić information content (AvgIpc) is 2.93. The van der Waals surface area contributed by atoms with Crippen LogP contribution in [0.2, 0.25) is 0 Å². The summed E-state index contributed by atoms with van der Waals surface area (Å²) in [5.74, 6) is -0.304. The molecule has 1 saturated heterocycles. The summed E-state index contributed by atoms with van der Waals surface area (Å²) >= 11 is 0. The van der Waals surface area contributed by atoms with Crippen molar-refractivity contribution in [3.63, 3.8) is 0 Å². The van der Waals surface area contributed by atoms with E-state index in [1.807, 2.05) is 0 Å². The fourth-order valence-corrected chi connectivity index (χ4v) is 5.72. The lowest BCUT2D eigenvalue weighted by atomic mass is 9.94. The van der Waals surface area contributed by atoms with Gasteiger partial charge >= 0.3 is 12.4 Å². The Kier molecular flexibility index (Phi) is 6.67. The molecule has 12 heteroatoms. The molecule has 0 radical (unpaired) electrons. The van der Waals surface area contributed by atoms with Gasteiger partial charge in [-0.2, -0.15) is 5.10 Å². The number of hydrogen-bond donors (Lipinski definition) is 1. The fourth-order valence-electron chi connectivity index (χ4n) is 4.26. The standard InChI is InChI=1S/C23H25F3N4O4S/c1-15-12-17-6-9-19(34-23(24,25)26)13-20(17)21(28-30(15)22(31)27-2)16-4-7-18(8-5-16)29-10-3-11-35(32,33)14-29/h4-9,13,15H,3,10-12,14H2,1-2H3,(H,27,31)/t15-/m1/s1. The number of hydrazone groups is 1. The van der Waals surface area contributed by atoms with Crippen molar-refractivity contribution in [3.05, 3.63) is 59.2 Å². The van der Waals surface area contributed by atoms with E-state index in [1.54, 1.807) is 42.2 Å². The van der Waals surface area contributed by atoms with Gasteiger partial charge in [-0.3, -0.25) is 0 Å². The molecular formula is C23H25F3N4O4S. The Bertz CT molecular complexity index is 1250. The number of carbonyl (C=O) groups excluding carboxylic acids is 1. The molecule has 2 heterocycles. The van der Waals surface area contributed by atoms with Gasteiger partial charge in [0.2, 0.25) is 0 Å². The summed E-state index contributed by atoms with van der Waals surface area (Å²) in [4.78, 5) is 14.3. The molecule has 1 N–H and O–H groups in total. The summed E-state index contributed by atoms with van der Waals surface area (Å²) in [6.07, 6.45) is -3.95. The van der Waals surface area contributed by atoms with Crippen LogP contribution in [-0.4, -0.2) is 62.8 Å². The average molecular weight is 511 g/mol. The maximum absolute atomic E-state index is 12.9. The second kappa shape index (κ2) is 9.40. The molecule has 2 amide bonds. The van der Waals surface area contributed by atoms with E-state index in [1.165, 1.54) is 24.2 Å². The van der Waals surface area contributed by atoms with Crippen LogP contribution in [0.1, 0.15) is 30.0 Å². The number of alkyl halides is 3. The lowest BCUT2D eigenvalue weighted by Gasteiger charge is -2.28. The summed E-state index contributed by atoms with van der Waals surface area (Å²) < 4.78 is 66.8. The number of nitrogens with zero attached hydrogens (tertiary/aromatic N) is 3. The zero-order chi connectivity index (χ0) is 25.4. The van der Waals surface area contributed by atoms with Crippen molar-refractivity contribution >= 4 is 27.3 Å². The molecule has 8 nitrogen and oxygen atoms in total. The number of rotatable bonds is 3. The van der Waals surface area contributed by atoms with Crippen LogP contribution in [0.3, 0.4) is 0 Å². The molecule has 188 valence electrons. The highest BCUT2D eigenvalue weighted by molar-refractivity contribution is 7.91. The number of fused-ring (bicyclic) bond motifs is 1. The van der Waals surface area contributed by atoms with Crippen LogP contribution in [0.15, 0.2) is 47.6 Å². The van der Waals surface area contributed by atoms with Gasteiger partial charge in [0.05, 0.1) is 17.5 Å². The molecule has 0 aliphatic carbocycles. The molecule has 35 heavy (non-hydrogen) atoms. The monoisotopic (exact) mass is 510 g/mol. The van der Waals surface area contributed by atoms with E-state index in [0.29, 0.717) is 47.5 Å². The van der Waals surface area contributed by atoms with E-state index in [-0.39, 0.29) is 23.4 Å². The van der Waals surface area contributed by atoms with Gasteiger partial charge in [-0.15, -0.1) is 13.2 Å². The maximum Gasteiger partial charge on any atom is 0.573 e. The first-order valence-corrected chi connectivity index (χ1v) is 12.8. The first-order valence-electron chi connectivity index (χ1n) is 11.0. The van der Waals surface area contributed by atoms with Crippen molar-refractivity contribution in [1.29, 1.82) is 0 Å². The number of amides is 2. The van der Waals surface area contributed by atoms with E-state index in [0.717, 1.165) is 0 Å². The molecule has 1 atom stereocenters. The van der Waals surface area contributed by atoms with Gasteiger partial charge in [0.15, 0.2) is 9.84 Å². The Hall–Kier alpha value is -3.28. The van der Waals surface area contributed by atoms with Crippen molar-refractivity contribution in [3.8, 4) is 5.75 Å². The van der Waals surface area contributed by atoms with Crippen LogP contribution in [0, 0.1) is 0 Å². The minimum absolute atomic E-state index is 0.0732. The Morgan fingerprint density at radius 2 is 1.89 bits per heavy atom. The maximum atomic E-state index is 12.9. The smallest absolute Gasteiger partial charge is 0.406 e. The molecule has 0 spiro atoms. The molecular weight excluding hydrogens is 485 g/mol. The number of halogens is 3. The molecule has 0 saturated carbocycles. The minimum atomic E-state index is -4.85. The second-order valence-electron chi connectivity index (χ2n) is 8.51. The van der Waals surface area contributed by atoms with Crippen molar-refractivity contribution in [2.75, 3.05) is 30.1 Å². The Morgan fingerprint density at radius 1 is 1.17 bits per heavy atom. The van der Waals surface area contributed by atoms with Crippen LogP contribution < -0.4 is 15.0 Å². The summed E-state index contributed by atoms with van der Waals surface area (Å²) in [6, 6.07) is 10.2. The number of ether oxygens (including phenoxy) is 1. The summed E-state index contributed by atoms with van der Waals surface area (Å²) in [7, 11) is -1.68. The predicted octanol–water partition coefficient (Wildman–Crippen LogP) is 3.51. The number of carbonyl (C=O) groups is 1. The molecule has 0 bridgehead atoms. The zero-order valence-electron chi connectivity index (χ0n) is 19.2. The van der Waals surface area contributed by atoms with E-state index in [4.69, 9.17) is 0 Å². The Morgan fingerprint density at radius 3 is 2.51 bits per heavy atom. The van der Waals surface area contributed by atoms with Gasteiger partial charge in [-0.25, -0.2) is 18.2 Å². The molecule has 2 aromatic rings. The van der Waals surface area contributed by atoms with Gasteiger partial charge in [-0.05, 0) is 49.6 Å². The number of urea groups is 1. The highest BCUT2D eigenvalue weighted by atomic mass is 32.2. The number of hydrogen-bond acceptors (Lipinski definition) is 6. The van der Waals surface area contributed by atoms with Crippen molar-refractivity contribution in [2.24, 2.45) is 5.10 Å². The molecule has 0 unspecified atom stereocenters. The molecule has 4 rings (SSSR count). The summed E-state index contributed by atoms with van der Waals surface area (Å²) in [6.45, 7) is 2.40. The zero-order valence-corrected chi connectivity index (χ0v) is 20.0. The van der Waals surface area contributed by atoms with Crippen molar-refractivity contribution in [1.82, 2.24) is 10.3 Å². The van der Waals surface area contributed by atoms with Gasteiger partial charge < -0.3 is 15.0 Å². The first kappa shape index (κ1) is 24.8. The minimum Gasteiger partial charge on any atom is -0.406 e.